The van der Waals surface area contributed by atoms with Crippen LogP contribution in [-0.4, -0.2) is 17.7 Å². The van der Waals surface area contributed by atoms with Crippen molar-refractivity contribution in [3.05, 3.63) is 29.0 Å². The van der Waals surface area contributed by atoms with Crippen LogP contribution in [0.5, 0.6) is 5.75 Å². The lowest BCUT2D eigenvalue weighted by Gasteiger charge is -2.09. The summed E-state index contributed by atoms with van der Waals surface area (Å²) in [5.74, 6) is -0.541. The molecule has 0 radical (unpaired) electrons. The van der Waals surface area contributed by atoms with Gasteiger partial charge in [-0.2, -0.15) is 8.78 Å². The number of aromatic carboxylic acids is 1. The average Bonchev–Trinajstić information content (AvgIpc) is 2.78. The number of fused-ring (bicyclic) bond motifs is 3. The van der Waals surface area contributed by atoms with Gasteiger partial charge in [0.2, 0.25) is 0 Å². The van der Waals surface area contributed by atoms with Crippen molar-refractivity contribution < 1.29 is 27.8 Å². The first-order valence-corrected chi connectivity index (χ1v) is 6.33. The van der Waals surface area contributed by atoms with Crippen LogP contribution in [0, 0.1) is 0 Å². The summed E-state index contributed by atoms with van der Waals surface area (Å²) in [4.78, 5) is 11.3. The number of rotatable bonds is 3. The van der Waals surface area contributed by atoms with E-state index in [1.165, 1.54) is 12.1 Å². The molecule has 1 aliphatic rings. The standard InChI is InChI=1S/C14H12F2O4/c15-14(16)20-10-6-5-8(13(17)18)11-7-3-1-2-4-9(7)19-12(10)11/h5-6,14H,1-4H2,(H,17,18). The van der Waals surface area contributed by atoms with Crippen molar-refractivity contribution in [3.8, 4) is 5.75 Å². The van der Waals surface area contributed by atoms with Crippen LogP contribution in [0.15, 0.2) is 16.5 Å². The van der Waals surface area contributed by atoms with E-state index in [9.17, 15) is 18.7 Å². The number of furan rings is 1. The number of carboxylic acids is 1. The van der Waals surface area contributed by atoms with Crippen LogP contribution in [0.1, 0.15) is 34.5 Å². The van der Waals surface area contributed by atoms with Crippen LogP contribution in [0.3, 0.4) is 0 Å². The molecule has 0 amide bonds. The molecule has 1 aliphatic carbocycles. The SMILES string of the molecule is O=C(O)c1ccc(OC(F)F)c2oc3c(c12)CCCC3. The van der Waals surface area contributed by atoms with Crippen LogP contribution in [0.4, 0.5) is 8.78 Å². The Bertz CT molecular complexity index is 675. The molecule has 0 spiro atoms. The summed E-state index contributed by atoms with van der Waals surface area (Å²) < 4.78 is 34.8. The Morgan fingerprint density at radius 2 is 2.05 bits per heavy atom. The Labute approximate surface area is 112 Å². The molecule has 0 atom stereocenters. The number of hydrogen-bond donors (Lipinski definition) is 1. The van der Waals surface area contributed by atoms with Crippen molar-refractivity contribution in [2.24, 2.45) is 0 Å². The molecule has 0 fully saturated rings. The average molecular weight is 282 g/mol. The van der Waals surface area contributed by atoms with E-state index in [-0.39, 0.29) is 16.9 Å². The number of aryl methyl sites for hydroxylation is 2. The van der Waals surface area contributed by atoms with E-state index in [0.29, 0.717) is 24.0 Å². The highest BCUT2D eigenvalue weighted by Crippen LogP contribution is 2.39. The third kappa shape index (κ3) is 2.01. The Morgan fingerprint density at radius 3 is 2.75 bits per heavy atom. The zero-order valence-corrected chi connectivity index (χ0v) is 10.5. The zero-order valence-electron chi connectivity index (χ0n) is 10.5. The van der Waals surface area contributed by atoms with Gasteiger partial charge in [0.05, 0.1) is 5.56 Å². The first-order chi connectivity index (χ1) is 9.58. The number of hydrogen-bond acceptors (Lipinski definition) is 3. The van der Waals surface area contributed by atoms with Crippen LogP contribution in [0.25, 0.3) is 11.0 Å². The third-order valence-electron chi connectivity index (χ3n) is 3.51. The van der Waals surface area contributed by atoms with E-state index in [0.717, 1.165) is 18.4 Å². The summed E-state index contributed by atoms with van der Waals surface area (Å²) in [6.45, 7) is -2.98. The van der Waals surface area contributed by atoms with Gasteiger partial charge in [0.25, 0.3) is 0 Å². The molecule has 1 N–H and O–H groups in total. The van der Waals surface area contributed by atoms with Gasteiger partial charge in [0.15, 0.2) is 11.3 Å². The molecular weight excluding hydrogens is 270 g/mol. The highest BCUT2D eigenvalue weighted by molar-refractivity contribution is 6.05. The maximum Gasteiger partial charge on any atom is 0.387 e. The monoisotopic (exact) mass is 282 g/mol. The fourth-order valence-electron chi connectivity index (χ4n) is 2.71. The molecular formula is C14H12F2O4. The van der Waals surface area contributed by atoms with Gasteiger partial charge in [-0.25, -0.2) is 4.79 Å². The Kier molecular flexibility index (Phi) is 3.08. The van der Waals surface area contributed by atoms with E-state index in [1.807, 2.05) is 0 Å². The molecule has 106 valence electrons. The largest absolute Gasteiger partial charge is 0.478 e. The predicted octanol–water partition coefficient (Wildman–Crippen LogP) is 3.61. The normalized spacial score (nSPS) is 14.6. The van der Waals surface area contributed by atoms with Crippen molar-refractivity contribution in [1.29, 1.82) is 0 Å². The summed E-state index contributed by atoms with van der Waals surface area (Å²) in [6, 6.07) is 2.50. The lowest BCUT2D eigenvalue weighted by Crippen LogP contribution is -2.05. The molecule has 20 heavy (non-hydrogen) atoms. The highest BCUT2D eigenvalue weighted by atomic mass is 19.3. The second kappa shape index (κ2) is 4.77. The Hall–Kier alpha value is -2.11. The summed E-state index contributed by atoms with van der Waals surface area (Å²) in [6.07, 6.45) is 3.26. The van der Waals surface area contributed by atoms with Crippen molar-refractivity contribution >= 4 is 16.9 Å². The number of carboxylic acid groups (broad SMARTS) is 1. The summed E-state index contributed by atoms with van der Waals surface area (Å²) in [5.41, 5.74) is 0.981. The fraction of sp³-hybridized carbons (Fsp3) is 0.357. The quantitative estimate of drug-likeness (QED) is 0.934. The number of halogens is 2. The maximum absolute atomic E-state index is 12.4. The molecule has 0 unspecified atom stereocenters. The van der Waals surface area contributed by atoms with Gasteiger partial charge in [-0.15, -0.1) is 0 Å². The van der Waals surface area contributed by atoms with Crippen LogP contribution in [0.2, 0.25) is 0 Å². The summed E-state index contributed by atoms with van der Waals surface area (Å²) in [5, 5.41) is 9.64. The number of benzene rings is 1. The molecule has 0 saturated heterocycles. The zero-order chi connectivity index (χ0) is 14.3. The molecule has 1 aromatic heterocycles. The van der Waals surface area contributed by atoms with E-state index in [2.05, 4.69) is 4.74 Å². The van der Waals surface area contributed by atoms with Gasteiger partial charge >= 0.3 is 12.6 Å². The molecule has 1 heterocycles. The molecule has 3 rings (SSSR count). The van der Waals surface area contributed by atoms with E-state index in [4.69, 9.17) is 4.42 Å². The van der Waals surface area contributed by atoms with Crippen LogP contribution < -0.4 is 4.74 Å². The summed E-state index contributed by atoms with van der Waals surface area (Å²) in [7, 11) is 0. The van der Waals surface area contributed by atoms with Gasteiger partial charge in [0, 0.05) is 17.4 Å². The smallest absolute Gasteiger partial charge is 0.387 e. The van der Waals surface area contributed by atoms with Gasteiger partial charge < -0.3 is 14.3 Å². The molecule has 1 aromatic carbocycles. The third-order valence-corrected chi connectivity index (χ3v) is 3.51. The minimum atomic E-state index is -2.98. The maximum atomic E-state index is 12.4. The Balaban J connectivity index is 2.27. The first kappa shape index (κ1) is 12.9. The van der Waals surface area contributed by atoms with E-state index in [1.54, 1.807) is 0 Å². The van der Waals surface area contributed by atoms with Gasteiger partial charge in [-0.3, -0.25) is 0 Å². The van der Waals surface area contributed by atoms with Crippen molar-refractivity contribution in [3.63, 3.8) is 0 Å². The van der Waals surface area contributed by atoms with Gasteiger partial charge in [-0.05, 0) is 31.4 Å². The number of alkyl halides is 2. The topological polar surface area (TPSA) is 59.7 Å². The van der Waals surface area contributed by atoms with Crippen molar-refractivity contribution in [1.82, 2.24) is 0 Å². The highest BCUT2D eigenvalue weighted by Gasteiger charge is 2.25. The second-order valence-corrected chi connectivity index (χ2v) is 4.71. The van der Waals surface area contributed by atoms with Crippen LogP contribution in [-0.2, 0) is 12.8 Å². The molecule has 2 aromatic rings. The predicted molar refractivity (Wildman–Crippen MR) is 66.4 cm³/mol. The lowest BCUT2D eigenvalue weighted by atomic mass is 9.94. The molecule has 0 aliphatic heterocycles. The molecule has 0 bridgehead atoms. The molecule has 4 nitrogen and oxygen atoms in total. The lowest BCUT2D eigenvalue weighted by molar-refractivity contribution is -0.0494. The van der Waals surface area contributed by atoms with Gasteiger partial charge in [-0.1, -0.05) is 0 Å². The van der Waals surface area contributed by atoms with Crippen molar-refractivity contribution in [2.45, 2.75) is 32.3 Å². The van der Waals surface area contributed by atoms with Crippen molar-refractivity contribution in [2.75, 3.05) is 0 Å². The van der Waals surface area contributed by atoms with Gasteiger partial charge in [0.1, 0.15) is 5.76 Å². The van der Waals surface area contributed by atoms with E-state index >= 15 is 0 Å². The number of carbonyl (C=O) groups is 1. The minimum Gasteiger partial charge on any atom is -0.478 e. The minimum absolute atomic E-state index is 0.0634. The number of ether oxygens (including phenoxy) is 1. The summed E-state index contributed by atoms with van der Waals surface area (Å²) >= 11 is 0. The van der Waals surface area contributed by atoms with Crippen LogP contribution >= 0.6 is 0 Å². The first-order valence-electron chi connectivity index (χ1n) is 6.33. The molecule has 6 heteroatoms. The second-order valence-electron chi connectivity index (χ2n) is 4.71. The Morgan fingerprint density at radius 1 is 1.30 bits per heavy atom. The van der Waals surface area contributed by atoms with E-state index < -0.39 is 12.6 Å². The fourth-order valence-corrected chi connectivity index (χ4v) is 2.71. The molecule has 0 saturated carbocycles.